The molecule has 0 fully saturated rings. The van der Waals surface area contributed by atoms with Gasteiger partial charge in [0.15, 0.2) is 0 Å². The van der Waals surface area contributed by atoms with Gasteiger partial charge in [0.05, 0.1) is 10.6 Å². The number of aryl methyl sites for hydroxylation is 2. The van der Waals surface area contributed by atoms with Crippen LogP contribution < -0.4 is 4.74 Å². The predicted octanol–water partition coefficient (Wildman–Crippen LogP) is 3.71. The van der Waals surface area contributed by atoms with Crippen molar-refractivity contribution in [1.82, 2.24) is 4.98 Å². The van der Waals surface area contributed by atoms with E-state index >= 15 is 0 Å². The SMILES string of the molecule is Cc1cc(C)c(C#N)c(Oc2ccc(Cl)c(C(=O)O)c2)n1. The Kier molecular flexibility index (Phi) is 4.10. The molecule has 5 nitrogen and oxygen atoms in total. The van der Waals surface area contributed by atoms with Gasteiger partial charge < -0.3 is 9.84 Å². The molecule has 0 bridgehead atoms. The minimum atomic E-state index is -1.15. The first kappa shape index (κ1) is 14.8. The molecule has 1 N–H and O–H groups in total. The van der Waals surface area contributed by atoms with Gasteiger partial charge in [-0.2, -0.15) is 5.26 Å². The number of nitrogens with zero attached hydrogens (tertiary/aromatic N) is 2. The summed E-state index contributed by atoms with van der Waals surface area (Å²) in [5.41, 5.74) is 1.69. The van der Waals surface area contributed by atoms with Crippen molar-refractivity contribution in [1.29, 1.82) is 5.26 Å². The molecule has 0 aliphatic carbocycles. The molecule has 0 saturated carbocycles. The fraction of sp³-hybridized carbons (Fsp3) is 0.133. The lowest BCUT2D eigenvalue weighted by Crippen LogP contribution is -2.00. The highest BCUT2D eigenvalue weighted by molar-refractivity contribution is 6.33. The molecular weight excluding hydrogens is 292 g/mol. The summed E-state index contributed by atoms with van der Waals surface area (Å²) >= 11 is 5.80. The van der Waals surface area contributed by atoms with Crippen LogP contribution in [-0.4, -0.2) is 16.1 Å². The predicted molar refractivity (Wildman–Crippen MR) is 76.9 cm³/mol. The monoisotopic (exact) mass is 302 g/mol. The largest absolute Gasteiger partial charge is 0.478 e. The van der Waals surface area contributed by atoms with E-state index in [-0.39, 0.29) is 22.2 Å². The van der Waals surface area contributed by atoms with Crippen LogP contribution in [-0.2, 0) is 0 Å². The molecule has 2 aromatic rings. The van der Waals surface area contributed by atoms with E-state index in [2.05, 4.69) is 4.98 Å². The molecule has 2 rings (SSSR count). The normalized spacial score (nSPS) is 10.0. The Labute approximate surface area is 126 Å². The van der Waals surface area contributed by atoms with E-state index in [9.17, 15) is 4.79 Å². The molecule has 1 aromatic carbocycles. The van der Waals surface area contributed by atoms with Crippen LogP contribution >= 0.6 is 11.6 Å². The minimum Gasteiger partial charge on any atom is -0.478 e. The second-order valence-corrected chi connectivity index (χ2v) is 4.83. The average molecular weight is 303 g/mol. The Morgan fingerprint density at radius 1 is 1.38 bits per heavy atom. The van der Waals surface area contributed by atoms with Gasteiger partial charge in [0, 0.05) is 5.69 Å². The summed E-state index contributed by atoms with van der Waals surface area (Å²) < 4.78 is 5.55. The highest BCUT2D eigenvalue weighted by Crippen LogP contribution is 2.28. The molecular formula is C15H11ClN2O3. The van der Waals surface area contributed by atoms with Crippen LogP contribution in [0.5, 0.6) is 11.6 Å². The molecule has 1 aromatic heterocycles. The van der Waals surface area contributed by atoms with Crippen LogP contribution in [0.15, 0.2) is 24.3 Å². The zero-order valence-electron chi connectivity index (χ0n) is 11.3. The van der Waals surface area contributed by atoms with E-state index in [0.717, 1.165) is 5.56 Å². The molecule has 6 heteroatoms. The number of carbonyl (C=O) groups is 1. The Morgan fingerprint density at radius 3 is 2.71 bits per heavy atom. The third-order valence-corrected chi connectivity index (χ3v) is 3.14. The Hall–Kier alpha value is -2.58. The van der Waals surface area contributed by atoms with Crippen LogP contribution in [0.2, 0.25) is 5.02 Å². The zero-order valence-corrected chi connectivity index (χ0v) is 12.1. The number of rotatable bonds is 3. The Bertz CT molecular complexity index is 766. The van der Waals surface area contributed by atoms with Crippen LogP contribution in [0, 0.1) is 25.2 Å². The Balaban J connectivity index is 2.46. The topological polar surface area (TPSA) is 83.2 Å². The molecule has 0 aliphatic rings. The maximum Gasteiger partial charge on any atom is 0.337 e. The third kappa shape index (κ3) is 3.12. The van der Waals surface area contributed by atoms with Crippen molar-refractivity contribution in [2.45, 2.75) is 13.8 Å². The van der Waals surface area contributed by atoms with Gasteiger partial charge in [-0.15, -0.1) is 0 Å². The first-order chi connectivity index (χ1) is 9.92. The van der Waals surface area contributed by atoms with Crippen molar-refractivity contribution in [3.63, 3.8) is 0 Å². The van der Waals surface area contributed by atoms with Gasteiger partial charge in [-0.1, -0.05) is 11.6 Å². The maximum absolute atomic E-state index is 11.0. The van der Waals surface area contributed by atoms with Crippen molar-refractivity contribution in [3.05, 3.63) is 51.7 Å². The van der Waals surface area contributed by atoms with Crippen LogP contribution in [0.1, 0.15) is 27.2 Å². The number of hydrogen-bond acceptors (Lipinski definition) is 4. The van der Waals surface area contributed by atoms with E-state index in [0.29, 0.717) is 11.3 Å². The highest BCUT2D eigenvalue weighted by atomic mass is 35.5. The number of aromatic carboxylic acids is 1. The quantitative estimate of drug-likeness (QED) is 0.934. The van der Waals surface area contributed by atoms with Gasteiger partial charge in [0.1, 0.15) is 17.4 Å². The average Bonchev–Trinajstić information content (AvgIpc) is 2.40. The standard InChI is InChI=1S/C15H11ClN2O3/c1-8-5-9(2)18-14(12(8)7-17)21-10-3-4-13(16)11(6-10)15(19)20/h3-6H,1-2H3,(H,19,20). The maximum atomic E-state index is 11.0. The first-order valence-corrected chi connectivity index (χ1v) is 6.39. The van der Waals surface area contributed by atoms with Crippen LogP contribution in [0.25, 0.3) is 0 Å². The molecule has 0 saturated heterocycles. The summed E-state index contributed by atoms with van der Waals surface area (Å²) in [5.74, 6) is -0.751. The lowest BCUT2D eigenvalue weighted by Gasteiger charge is -2.10. The Morgan fingerprint density at radius 2 is 2.10 bits per heavy atom. The van der Waals surface area contributed by atoms with Crippen molar-refractivity contribution in [2.24, 2.45) is 0 Å². The van der Waals surface area contributed by atoms with Crippen LogP contribution in [0.3, 0.4) is 0 Å². The number of pyridine rings is 1. The molecule has 0 amide bonds. The van der Waals surface area contributed by atoms with Crippen molar-refractivity contribution >= 4 is 17.6 Å². The fourth-order valence-electron chi connectivity index (χ4n) is 1.86. The van der Waals surface area contributed by atoms with Gasteiger partial charge >= 0.3 is 5.97 Å². The van der Waals surface area contributed by atoms with Gasteiger partial charge in [-0.3, -0.25) is 0 Å². The minimum absolute atomic E-state index is 0.0722. The molecule has 0 atom stereocenters. The lowest BCUT2D eigenvalue weighted by molar-refractivity contribution is 0.0696. The van der Waals surface area contributed by atoms with E-state index in [1.165, 1.54) is 18.2 Å². The van der Waals surface area contributed by atoms with Crippen molar-refractivity contribution in [3.8, 4) is 17.7 Å². The molecule has 0 radical (unpaired) electrons. The van der Waals surface area contributed by atoms with E-state index in [1.807, 2.05) is 6.07 Å². The second kappa shape index (κ2) is 5.81. The lowest BCUT2D eigenvalue weighted by atomic mass is 10.1. The summed E-state index contributed by atoms with van der Waals surface area (Å²) in [5, 5.41) is 18.3. The number of hydrogen-bond donors (Lipinski definition) is 1. The van der Waals surface area contributed by atoms with Crippen molar-refractivity contribution in [2.75, 3.05) is 0 Å². The summed E-state index contributed by atoms with van der Waals surface area (Å²) in [4.78, 5) is 15.2. The van der Waals surface area contributed by atoms with Crippen LogP contribution in [0.4, 0.5) is 0 Å². The van der Waals surface area contributed by atoms with Gasteiger partial charge in [0.25, 0.3) is 0 Å². The third-order valence-electron chi connectivity index (χ3n) is 2.81. The number of carboxylic acid groups (broad SMARTS) is 1. The first-order valence-electron chi connectivity index (χ1n) is 6.01. The van der Waals surface area contributed by atoms with E-state index < -0.39 is 5.97 Å². The number of nitriles is 1. The molecule has 0 aliphatic heterocycles. The summed E-state index contributed by atoms with van der Waals surface area (Å²) in [6.45, 7) is 3.57. The fourth-order valence-corrected chi connectivity index (χ4v) is 2.05. The van der Waals surface area contributed by atoms with Gasteiger partial charge in [0.2, 0.25) is 5.88 Å². The number of ether oxygens (including phenoxy) is 1. The molecule has 21 heavy (non-hydrogen) atoms. The number of carboxylic acids is 1. The molecule has 0 spiro atoms. The molecule has 0 unspecified atom stereocenters. The second-order valence-electron chi connectivity index (χ2n) is 4.42. The highest BCUT2D eigenvalue weighted by Gasteiger charge is 2.14. The van der Waals surface area contributed by atoms with Gasteiger partial charge in [-0.25, -0.2) is 9.78 Å². The number of halogens is 1. The van der Waals surface area contributed by atoms with Gasteiger partial charge in [-0.05, 0) is 43.7 Å². The van der Waals surface area contributed by atoms with E-state index in [4.69, 9.17) is 26.7 Å². The number of aromatic nitrogens is 1. The van der Waals surface area contributed by atoms with Crippen molar-refractivity contribution < 1.29 is 14.6 Å². The molecule has 1 heterocycles. The summed E-state index contributed by atoms with van der Waals surface area (Å²) in [6.07, 6.45) is 0. The zero-order chi connectivity index (χ0) is 15.6. The van der Waals surface area contributed by atoms with E-state index in [1.54, 1.807) is 19.9 Å². The summed E-state index contributed by atoms with van der Waals surface area (Å²) in [7, 11) is 0. The smallest absolute Gasteiger partial charge is 0.337 e. The molecule has 106 valence electrons. The summed E-state index contributed by atoms with van der Waals surface area (Å²) in [6, 6.07) is 8.05. The number of benzene rings is 1.